The van der Waals surface area contributed by atoms with Crippen molar-refractivity contribution in [2.24, 2.45) is 11.8 Å². The van der Waals surface area contributed by atoms with Gasteiger partial charge < -0.3 is 5.32 Å². The number of nitrogens with one attached hydrogen (secondary N) is 2. The lowest BCUT2D eigenvalue weighted by Gasteiger charge is -2.29. The van der Waals surface area contributed by atoms with Crippen LogP contribution in [0.5, 0.6) is 0 Å². The molecule has 2 atom stereocenters. The van der Waals surface area contributed by atoms with Crippen molar-refractivity contribution in [1.82, 2.24) is 25.5 Å². The minimum atomic E-state index is -0.691. The van der Waals surface area contributed by atoms with Crippen molar-refractivity contribution in [3.05, 3.63) is 18.6 Å². The number of hydrogen-bond acceptors (Lipinski definition) is 7. The summed E-state index contributed by atoms with van der Waals surface area (Å²) in [7, 11) is 0. The van der Waals surface area contributed by atoms with E-state index in [2.05, 4.69) is 20.7 Å². The molecule has 2 aliphatic rings. The van der Waals surface area contributed by atoms with Crippen molar-refractivity contribution in [2.75, 3.05) is 18.4 Å². The van der Waals surface area contributed by atoms with E-state index in [0.29, 0.717) is 42.6 Å². The molecule has 10 heteroatoms. The number of hydrogen-bond donors (Lipinski definition) is 3. The standard InChI is InChI=1S/C18H26N6O4/c25-12-23(28)11-14(9-13-3-1-2-4-13)18(27)24-15(5-6-21-24)17(26)22-16-10-19-7-8-20-16/h7-8,10,12-15,21,28H,1-6,9,11H2,(H,20,22,26). The molecule has 1 aliphatic heterocycles. The Morgan fingerprint density at radius 2 is 2.14 bits per heavy atom. The lowest BCUT2D eigenvalue weighted by atomic mass is 9.92. The molecule has 10 nitrogen and oxygen atoms in total. The molecule has 3 amide bonds. The maximum absolute atomic E-state index is 13.2. The molecule has 1 aliphatic carbocycles. The summed E-state index contributed by atoms with van der Waals surface area (Å²) in [6.07, 6.45) is 10.1. The van der Waals surface area contributed by atoms with Crippen LogP contribution in [0, 0.1) is 11.8 Å². The number of carbonyl (C=O) groups is 3. The monoisotopic (exact) mass is 390 g/mol. The molecule has 1 saturated heterocycles. The van der Waals surface area contributed by atoms with Gasteiger partial charge >= 0.3 is 0 Å². The van der Waals surface area contributed by atoms with E-state index in [1.54, 1.807) is 0 Å². The van der Waals surface area contributed by atoms with Gasteiger partial charge in [0.15, 0.2) is 5.82 Å². The zero-order valence-electron chi connectivity index (χ0n) is 15.7. The van der Waals surface area contributed by atoms with Crippen molar-refractivity contribution in [1.29, 1.82) is 0 Å². The van der Waals surface area contributed by atoms with Gasteiger partial charge in [0.05, 0.1) is 18.7 Å². The lowest BCUT2D eigenvalue weighted by Crippen LogP contribution is -2.51. The average Bonchev–Trinajstić information content (AvgIpc) is 3.39. The second kappa shape index (κ2) is 9.56. The molecule has 2 fully saturated rings. The van der Waals surface area contributed by atoms with Gasteiger partial charge in [-0.3, -0.25) is 29.6 Å². The Morgan fingerprint density at radius 1 is 1.36 bits per heavy atom. The van der Waals surface area contributed by atoms with Crippen LogP contribution < -0.4 is 10.7 Å². The van der Waals surface area contributed by atoms with Gasteiger partial charge in [0.25, 0.3) is 0 Å². The zero-order chi connectivity index (χ0) is 19.9. The maximum Gasteiger partial charge on any atom is 0.250 e. The Hall–Kier alpha value is -2.59. The Labute approximate surface area is 163 Å². The second-order valence-electron chi connectivity index (χ2n) is 7.31. The summed E-state index contributed by atoms with van der Waals surface area (Å²) in [5.41, 5.74) is 2.97. The van der Waals surface area contributed by atoms with Crippen LogP contribution in [0.3, 0.4) is 0 Å². The molecule has 2 heterocycles. The van der Waals surface area contributed by atoms with Gasteiger partial charge in [-0.05, 0) is 18.8 Å². The van der Waals surface area contributed by atoms with E-state index in [1.807, 2.05) is 0 Å². The molecular weight excluding hydrogens is 364 g/mol. The predicted octanol–water partition coefficient (Wildman–Crippen LogP) is 0.565. The van der Waals surface area contributed by atoms with E-state index >= 15 is 0 Å². The highest BCUT2D eigenvalue weighted by Gasteiger charge is 2.39. The number of nitrogens with zero attached hydrogens (tertiary/aromatic N) is 4. The van der Waals surface area contributed by atoms with Gasteiger partial charge in [0, 0.05) is 18.9 Å². The summed E-state index contributed by atoms with van der Waals surface area (Å²) in [5.74, 6) is -0.504. The summed E-state index contributed by atoms with van der Waals surface area (Å²) >= 11 is 0. The number of hydroxylamine groups is 2. The minimum Gasteiger partial charge on any atom is -0.308 e. The third-order valence-electron chi connectivity index (χ3n) is 5.34. The summed E-state index contributed by atoms with van der Waals surface area (Å²) < 4.78 is 0. The van der Waals surface area contributed by atoms with E-state index in [1.165, 1.54) is 23.6 Å². The van der Waals surface area contributed by atoms with Gasteiger partial charge in [0.1, 0.15) is 6.04 Å². The fourth-order valence-corrected chi connectivity index (χ4v) is 3.98. The van der Waals surface area contributed by atoms with Crippen molar-refractivity contribution in [2.45, 2.75) is 44.6 Å². The number of hydrazine groups is 1. The number of aromatic nitrogens is 2. The molecule has 0 radical (unpaired) electrons. The first-order valence-corrected chi connectivity index (χ1v) is 9.62. The first-order chi connectivity index (χ1) is 13.6. The first kappa shape index (κ1) is 20.2. The Morgan fingerprint density at radius 3 is 2.82 bits per heavy atom. The normalized spacial score (nSPS) is 20.8. The third-order valence-corrected chi connectivity index (χ3v) is 5.34. The van der Waals surface area contributed by atoms with E-state index < -0.39 is 12.0 Å². The van der Waals surface area contributed by atoms with E-state index in [9.17, 15) is 19.6 Å². The molecule has 0 bridgehead atoms. The van der Waals surface area contributed by atoms with Gasteiger partial charge in [-0.1, -0.05) is 25.7 Å². The van der Waals surface area contributed by atoms with Crippen LogP contribution in [0.1, 0.15) is 38.5 Å². The van der Waals surface area contributed by atoms with Gasteiger partial charge in [-0.25, -0.2) is 15.5 Å². The Bertz CT molecular complexity index is 682. The average molecular weight is 390 g/mol. The Kier molecular flexibility index (Phi) is 6.88. The highest BCUT2D eigenvalue weighted by Crippen LogP contribution is 2.31. The molecule has 152 valence electrons. The van der Waals surface area contributed by atoms with Crippen LogP contribution in [0.25, 0.3) is 0 Å². The SMILES string of the molecule is O=CN(O)CC(CC1CCCC1)C(=O)N1NCCC1C(=O)Nc1cnccn1. The van der Waals surface area contributed by atoms with E-state index in [-0.39, 0.29) is 18.4 Å². The molecule has 1 aromatic rings. The molecular formula is C18H26N6O4. The smallest absolute Gasteiger partial charge is 0.250 e. The van der Waals surface area contributed by atoms with Crippen LogP contribution in [-0.4, -0.2) is 62.6 Å². The second-order valence-corrected chi connectivity index (χ2v) is 7.31. The highest BCUT2D eigenvalue weighted by atomic mass is 16.5. The third kappa shape index (κ3) is 5.02. The largest absolute Gasteiger partial charge is 0.308 e. The molecule has 2 unspecified atom stereocenters. The van der Waals surface area contributed by atoms with Crippen LogP contribution in [0.2, 0.25) is 0 Å². The van der Waals surface area contributed by atoms with Crippen LogP contribution >= 0.6 is 0 Å². The molecule has 1 saturated carbocycles. The number of rotatable bonds is 8. The quantitative estimate of drug-likeness (QED) is 0.336. The molecule has 0 aromatic carbocycles. The zero-order valence-corrected chi connectivity index (χ0v) is 15.7. The number of carbonyl (C=O) groups excluding carboxylic acids is 3. The van der Waals surface area contributed by atoms with Gasteiger partial charge in [0.2, 0.25) is 18.2 Å². The topological polar surface area (TPSA) is 128 Å². The van der Waals surface area contributed by atoms with Gasteiger partial charge in [-0.15, -0.1) is 0 Å². The van der Waals surface area contributed by atoms with Crippen molar-refractivity contribution in [3.63, 3.8) is 0 Å². The summed E-state index contributed by atoms with van der Waals surface area (Å²) in [6.45, 7) is 0.395. The Balaban J connectivity index is 1.68. The molecule has 1 aromatic heterocycles. The fourth-order valence-electron chi connectivity index (χ4n) is 3.98. The maximum atomic E-state index is 13.2. The van der Waals surface area contributed by atoms with Crippen molar-refractivity contribution in [3.8, 4) is 0 Å². The predicted molar refractivity (Wildman–Crippen MR) is 98.5 cm³/mol. The minimum absolute atomic E-state index is 0.0878. The van der Waals surface area contributed by atoms with Crippen molar-refractivity contribution >= 4 is 24.0 Å². The molecule has 0 spiro atoms. The van der Waals surface area contributed by atoms with Crippen LogP contribution in [0.15, 0.2) is 18.6 Å². The van der Waals surface area contributed by atoms with Crippen LogP contribution in [0.4, 0.5) is 5.82 Å². The molecule has 3 rings (SSSR count). The van der Waals surface area contributed by atoms with Crippen LogP contribution in [-0.2, 0) is 14.4 Å². The first-order valence-electron chi connectivity index (χ1n) is 9.62. The van der Waals surface area contributed by atoms with Gasteiger partial charge in [-0.2, -0.15) is 0 Å². The summed E-state index contributed by atoms with van der Waals surface area (Å²) in [6, 6.07) is -0.691. The van der Waals surface area contributed by atoms with E-state index in [0.717, 1.165) is 25.7 Å². The van der Waals surface area contributed by atoms with Crippen molar-refractivity contribution < 1.29 is 19.6 Å². The number of anilines is 1. The number of amides is 3. The molecule has 3 N–H and O–H groups in total. The summed E-state index contributed by atoms with van der Waals surface area (Å²) in [5, 5.41) is 14.2. The fraction of sp³-hybridized carbons (Fsp3) is 0.611. The summed E-state index contributed by atoms with van der Waals surface area (Å²) in [4.78, 5) is 44.6. The van der Waals surface area contributed by atoms with E-state index in [4.69, 9.17) is 0 Å². The molecule has 28 heavy (non-hydrogen) atoms. The lowest BCUT2D eigenvalue weighted by molar-refractivity contribution is -0.159. The highest BCUT2D eigenvalue weighted by molar-refractivity contribution is 5.97.